The van der Waals surface area contributed by atoms with E-state index in [2.05, 4.69) is 5.32 Å². The summed E-state index contributed by atoms with van der Waals surface area (Å²) in [5.74, 6) is 0. The van der Waals surface area contributed by atoms with Gasteiger partial charge in [-0.25, -0.2) is 14.5 Å². The normalized spacial score (nSPS) is 11.2. The van der Waals surface area contributed by atoms with Crippen molar-refractivity contribution in [1.82, 2.24) is 10.2 Å². The third kappa shape index (κ3) is 3.12. The van der Waals surface area contributed by atoms with Gasteiger partial charge in [-0.15, -0.1) is 0 Å². The largest absolute Gasteiger partial charge is 0.357 e. The van der Waals surface area contributed by atoms with E-state index in [1.807, 2.05) is 0 Å². The van der Waals surface area contributed by atoms with Crippen molar-refractivity contribution in [1.29, 1.82) is 0 Å². The van der Waals surface area contributed by atoms with Gasteiger partial charge < -0.3 is 0 Å². The SMILES string of the molecule is CC[N]C(=O)N(CC)C(F)(F)CF. The van der Waals surface area contributed by atoms with Gasteiger partial charge in [0.05, 0.1) is 0 Å². The fourth-order valence-corrected chi connectivity index (χ4v) is 0.799. The van der Waals surface area contributed by atoms with Crippen molar-refractivity contribution in [2.24, 2.45) is 0 Å². The van der Waals surface area contributed by atoms with Crippen molar-refractivity contribution in [3.05, 3.63) is 0 Å². The molecule has 77 valence electrons. The van der Waals surface area contributed by atoms with Gasteiger partial charge in [-0.3, -0.25) is 4.90 Å². The van der Waals surface area contributed by atoms with Gasteiger partial charge in [-0.05, 0) is 13.8 Å². The zero-order valence-corrected chi connectivity index (χ0v) is 7.56. The molecule has 0 aliphatic rings. The van der Waals surface area contributed by atoms with Crippen LogP contribution in [0.3, 0.4) is 0 Å². The van der Waals surface area contributed by atoms with Crippen LogP contribution < -0.4 is 5.32 Å². The van der Waals surface area contributed by atoms with Crippen molar-refractivity contribution < 1.29 is 18.0 Å². The monoisotopic (exact) mass is 197 g/mol. The van der Waals surface area contributed by atoms with E-state index in [9.17, 15) is 18.0 Å². The lowest BCUT2D eigenvalue weighted by Crippen LogP contribution is -2.49. The van der Waals surface area contributed by atoms with Crippen LogP contribution in [0.25, 0.3) is 0 Å². The van der Waals surface area contributed by atoms with Crippen LogP contribution >= 0.6 is 0 Å². The second-order valence-corrected chi connectivity index (χ2v) is 2.30. The van der Waals surface area contributed by atoms with Gasteiger partial charge in [-0.1, -0.05) is 0 Å². The first-order valence-corrected chi connectivity index (χ1v) is 3.92. The average molecular weight is 197 g/mol. The summed E-state index contributed by atoms with van der Waals surface area (Å²) in [6.45, 7) is 0.842. The Kier molecular flexibility index (Phi) is 4.58. The Morgan fingerprint density at radius 3 is 2.31 bits per heavy atom. The molecule has 2 amide bonds. The van der Waals surface area contributed by atoms with E-state index in [4.69, 9.17) is 0 Å². The lowest BCUT2D eigenvalue weighted by atomic mass is 10.4. The third-order valence-corrected chi connectivity index (χ3v) is 1.40. The molecule has 0 bridgehead atoms. The van der Waals surface area contributed by atoms with E-state index < -0.39 is 18.8 Å². The molecule has 3 nitrogen and oxygen atoms in total. The van der Waals surface area contributed by atoms with Gasteiger partial charge in [0, 0.05) is 13.1 Å². The predicted octanol–water partition coefficient (Wildman–Crippen LogP) is 1.61. The highest BCUT2D eigenvalue weighted by molar-refractivity contribution is 5.74. The number of nitrogens with zero attached hydrogens (tertiary/aromatic N) is 2. The summed E-state index contributed by atoms with van der Waals surface area (Å²) in [5, 5.41) is 3.25. The summed E-state index contributed by atoms with van der Waals surface area (Å²) < 4.78 is 37.1. The number of hydrogen-bond acceptors (Lipinski definition) is 1. The van der Waals surface area contributed by atoms with E-state index in [-0.39, 0.29) is 18.0 Å². The Morgan fingerprint density at radius 2 is 2.00 bits per heavy atom. The fraction of sp³-hybridized carbons (Fsp3) is 0.857. The molecule has 0 saturated carbocycles. The van der Waals surface area contributed by atoms with E-state index in [0.717, 1.165) is 0 Å². The molecular weight excluding hydrogens is 185 g/mol. The first-order chi connectivity index (χ1) is 5.99. The molecule has 6 heteroatoms. The molecular formula is C7H12F3N2O. The number of rotatable bonds is 4. The molecule has 0 spiro atoms. The van der Waals surface area contributed by atoms with E-state index >= 15 is 0 Å². The van der Waals surface area contributed by atoms with Crippen LogP contribution in [0.15, 0.2) is 0 Å². The van der Waals surface area contributed by atoms with Crippen LogP contribution in [0.4, 0.5) is 18.0 Å². The van der Waals surface area contributed by atoms with Crippen LogP contribution in [0.2, 0.25) is 0 Å². The summed E-state index contributed by atoms with van der Waals surface area (Å²) in [7, 11) is 0. The molecule has 0 atom stereocenters. The molecule has 0 aromatic rings. The van der Waals surface area contributed by atoms with E-state index in [0.29, 0.717) is 0 Å². The van der Waals surface area contributed by atoms with Crippen LogP contribution in [-0.4, -0.2) is 36.7 Å². The van der Waals surface area contributed by atoms with Gasteiger partial charge in [0.15, 0.2) is 6.67 Å². The number of urea groups is 1. The Morgan fingerprint density at radius 1 is 1.46 bits per heavy atom. The van der Waals surface area contributed by atoms with Crippen LogP contribution in [0.1, 0.15) is 13.8 Å². The zero-order chi connectivity index (χ0) is 10.5. The Labute approximate surface area is 74.9 Å². The van der Waals surface area contributed by atoms with Crippen molar-refractivity contribution in [3.8, 4) is 0 Å². The van der Waals surface area contributed by atoms with Gasteiger partial charge in [0.1, 0.15) is 0 Å². The molecule has 0 heterocycles. The highest BCUT2D eigenvalue weighted by Crippen LogP contribution is 2.19. The first kappa shape index (κ1) is 12.1. The maximum Gasteiger partial charge on any atom is 0.357 e. The van der Waals surface area contributed by atoms with Crippen molar-refractivity contribution in [3.63, 3.8) is 0 Å². The van der Waals surface area contributed by atoms with E-state index in [1.54, 1.807) is 6.92 Å². The second kappa shape index (κ2) is 4.94. The van der Waals surface area contributed by atoms with Crippen LogP contribution in [0, 0.1) is 0 Å². The molecule has 0 aliphatic carbocycles. The van der Waals surface area contributed by atoms with Crippen molar-refractivity contribution in [2.45, 2.75) is 19.9 Å². The van der Waals surface area contributed by atoms with Crippen molar-refractivity contribution in [2.75, 3.05) is 19.8 Å². The summed E-state index contributed by atoms with van der Waals surface area (Å²) in [4.78, 5) is 11.0. The van der Waals surface area contributed by atoms with Gasteiger partial charge in [0.2, 0.25) is 0 Å². The molecule has 0 saturated heterocycles. The third-order valence-electron chi connectivity index (χ3n) is 1.40. The van der Waals surface area contributed by atoms with Crippen LogP contribution in [0.5, 0.6) is 0 Å². The fourth-order valence-electron chi connectivity index (χ4n) is 0.799. The average Bonchev–Trinajstić information content (AvgIpc) is 2.05. The lowest BCUT2D eigenvalue weighted by molar-refractivity contribution is -0.131. The second-order valence-electron chi connectivity index (χ2n) is 2.30. The molecule has 13 heavy (non-hydrogen) atoms. The lowest BCUT2D eigenvalue weighted by Gasteiger charge is -2.26. The highest BCUT2D eigenvalue weighted by Gasteiger charge is 2.39. The van der Waals surface area contributed by atoms with Gasteiger partial charge in [-0.2, -0.15) is 8.78 Å². The smallest absolute Gasteiger partial charge is 0.262 e. The molecule has 0 unspecified atom stereocenters. The summed E-state index contributed by atoms with van der Waals surface area (Å²) in [5.41, 5.74) is 0. The standard InChI is InChI=1S/C7H12F3N2O/c1-3-11-6(13)12(4-2)7(9,10)5-8/h3-5H2,1-2H3. The molecule has 0 N–H and O–H groups in total. The predicted molar refractivity (Wildman–Crippen MR) is 41.4 cm³/mol. The zero-order valence-electron chi connectivity index (χ0n) is 7.56. The molecule has 0 aromatic carbocycles. The maximum absolute atomic E-state index is 12.7. The summed E-state index contributed by atoms with van der Waals surface area (Å²) >= 11 is 0. The Hall–Kier alpha value is -0.940. The summed E-state index contributed by atoms with van der Waals surface area (Å²) in [6.07, 6.45) is 0. The van der Waals surface area contributed by atoms with Gasteiger partial charge >= 0.3 is 12.1 Å². The number of alkyl halides is 3. The number of halogens is 3. The minimum atomic E-state index is -3.75. The number of carbonyl (C=O) groups excluding carboxylic acids is 1. The molecule has 1 radical (unpaired) electrons. The Bertz CT molecular complexity index is 175. The molecule has 0 rings (SSSR count). The first-order valence-electron chi connectivity index (χ1n) is 3.92. The topological polar surface area (TPSA) is 34.4 Å². The maximum atomic E-state index is 12.7. The molecule has 0 fully saturated rings. The molecule has 0 aromatic heterocycles. The minimum Gasteiger partial charge on any atom is -0.262 e. The number of carbonyl (C=O) groups is 1. The Balaban J connectivity index is 4.40. The quantitative estimate of drug-likeness (QED) is 0.630. The minimum absolute atomic E-state index is 0.108. The number of amides is 2. The van der Waals surface area contributed by atoms with E-state index in [1.165, 1.54) is 6.92 Å². The number of hydrogen-bond donors (Lipinski definition) is 0. The van der Waals surface area contributed by atoms with Crippen LogP contribution in [-0.2, 0) is 0 Å². The van der Waals surface area contributed by atoms with Gasteiger partial charge in [0.25, 0.3) is 0 Å². The van der Waals surface area contributed by atoms with Crippen molar-refractivity contribution >= 4 is 6.03 Å². The highest BCUT2D eigenvalue weighted by atomic mass is 19.3. The molecule has 0 aliphatic heterocycles. The summed E-state index contributed by atoms with van der Waals surface area (Å²) in [6, 6.07) is -4.82.